The number of nitrogens with one attached hydrogen (secondary N) is 1. The summed E-state index contributed by atoms with van der Waals surface area (Å²) in [4.78, 5) is 22.3. The number of thiophene rings is 1. The Bertz CT molecular complexity index is 736. The van der Waals surface area contributed by atoms with Gasteiger partial charge in [0.15, 0.2) is 0 Å². The lowest BCUT2D eigenvalue weighted by Gasteiger charge is -2.05. The van der Waals surface area contributed by atoms with Gasteiger partial charge in [-0.2, -0.15) is 5.26 Å². The molecule has 100 valence electrons. The third-order valence-electron chi connectivity index (χ3n) is 2.43. The van der Waals surface area contributed by atoms with Crippen molar-refractivity contribution in [3.63, 3.8) is 0 Å². The van der Waals surface area contributed by atoms with Crippen LogP contribution in [-0.4, -0.2) is 10.8 Å². The molecule has 1 aromatic carbocycles. The minimum absolute atomic E-state index is 0.116. The fourth-order valence-electron chi connectivity index (χ4n) is 1.55. The number of benzene rings is 1. The van der Waals surface area contributed by atoms with E-state index in [0.717, 1.165) is 11.3 Å². The third-order valence-corrected chi connectivity index (χ3v) is 3.56. The molecule has 0 aliphatic rings. The number of nitro benzene ring substituents is 1. The lowest BCUT2D eigenvalue weighted by atomic mass is 10.1. The van der Waals surface area contributed by atoms with Gasteiger partial charge in [-0.25, -0.2) is 0 Å². The van der Waals surface area contributed by atoms with Gasteiger partial charge < -0.3 is 5.32 Å². The molecular formula is C12H6ClN3O3S. The first-order chi connectivity index (χ1) is 9.54. The van der Waals surface area contributed by atoms with Crippen LogP contribution in [0.25, 0.3) is 0 Å². The molecule has 6 nitrogen and oxygen atoms in total. The molecule has 20 heavy (non-hydrogen) atoms. The Hall–Kier alpha value is -2.43. The van der Waals surface area contributed by atoms with E-state index in [4.69, 9.17) is 16.9 Å². The molecule has 0 saturated heterocycles. The highest BCUT2D eigenvalue weighted by molar-refractivity contribution is 7.14. The maximum Gasteiger partial charge on any atom is 0.300 e. The Balaban J connectivity index is 2.38. The molecule has 0 unspecified atom stereocenters. The number of nitro groups is 1. The fourth-order valence-corrected chi connectivity index (χ4v) is 2.52. The van der Waals surface area contributed by atoms with E-state index in [0.29, 0.717) is 10.6 Å². The zero-order valence-corrected chi connectivity index (χ0v) is 11.4. The third kappa shape index (κ3) is 2.61. The zero-order chi connectivity index (χ0) is 14.7. The first-order valence-electron chi connectivity index (χ1n) is 5.26. The smallest absolute Gasteiger partial charge is 0.300 e. The predicted octanol–water partition coefficient (Wildman–Crippen LogP) is 3.43. The minimum Gasteiger partial charge on any atom is -0.312 e. The molecule has 1 aromatic heterocycles. The van der Waals surface area contributed by atoms with Crippen LogP contribution in [-0.2, 0) is 0 Å². The van der Waals surface area contributed by atoms with Crippen molar-refractivity contribution in [2.75, 3.05) is 5.32 Å². The molecule has 0 saturated carbocycles. The second-order valence-electron chi connectivity index (χ2n) is 3.62. The number of amides is 1. The number of anilines is 1. The van der Waals surface area contributed by atoms with E-state index < -0.39 is 16.5 Å². The number of carbonyl (C=O) groups is 1. The minimum atomic E-state index is -0.711. The average Bonchev–Trinajstić information content (AvgIpc) is 2.85. The first kappa shape index (κ1) is 14.0. The molecule has 1 N–H and O–H groups in total. The lowest BCUT2D eigenvalue weighted by molar-refractivity contribution is -0.385. The van der Waals surface area contributed by atoms with E-state index in [2.05, 4.69) is 5.32 Å². The van der Waals surface area contributed by atoms with Crippen LogP contribution in [0.1, 0.15) is 15.9 Å². The SMILES string of the molecule is N#Cc1ccsc1NC(=O)c1cccc(Cl)c1[N+](=O)[O-]. The number of hydrogen-bond donors (Lipinski definition) is 1. The summed E-state index contributed by atoms with van der Waals surface area (Å²) >= 11 is 6.90. The summed E-state index contributed by atoms with van der Waals surface area (Å²) in [5.74, 6) is -0.682. The van der Waals surface area contributed by atoms with E-state index in [1.54, 1.807) is 11.4 Å². The van der Waals surface area contributed by atoms with E-state index in [1.165, 1.54) is 18.2 Å². The van der Waals surface area contributed by atoms with Gasteiger partial charge in [-0.05, 0) is 23.6 Å². The Morgan fingerprint density at radius 1 is 1.45 bits per heavy atom. The summed E-state index contributed by atoms with van der Waals surface area (Å²) < 4.78 is 0. The molecule has 0 radical (unpaired) electrons. The van der Waals surface area contributed by atoms with Crippen molar-refractivity contribution >= 4 is 39.5 Å². The van der Waals surface area contributed by atoms with Gasteiger partial charge in [-0.15, -0.1) is 11.3 Å². The molecule has 8 heteroatoms. The van der Waals surface area contributed by atoms with Crippen molar-refractivity contribution < 1.29 is 9.72 Å². The van der Waals surface area contributed by atoms with Gasteiger partial charge in [0.2, 0.25) is 0 Å². The van der Waals surface area contributed by atoms with Crippen molar-refractivity contribution in [1.29, 1.82) is 5.26 Å². The van der Waals surface area contributed by atoms with Crippen molar-refractivity contribution in [3.05, 3.63) is 55.9 Å². The molecule has 0 aliphatic heterocycles. The fraction of sp³-hybridized carbons (Fsp3) is 0. The van der Waals surface area contributed by atoms with E-state index in [1.807, 2.05) is 6.07 Å². The summed E-state index contributed by atoms with van der Waals surface area (Å²) in [5, 5.41) is 24.2. The summed E-state index contributed by atoms with van der Waals surface area (Å²) in [5.41, 5.74) is -0.311. The van der Waals surface area contributed by atoms with Crippen LogP contribution in [0.2, 0.25) is 5.02 Å². The molecule has 0 aliphatic carbocycles. The highest BCUT2D eigenvalue weighted by Gasteiger charge is 2.24. The Morgan fingerprint density at radius 3 is 2.85 bits per heavy atom. The molecule has 0 spiro atoms. The summed E-state index contributed by atoms with van der Waals surface area (Å²) in [6.07, 6.45) is 0. The van der Waals surface area contributed by atoms with Gasteiger partial charge in [0.05, 0.1) is 10.5 Å². The number of hydrogen-bond acceptors (Lipinski definition) is 5. The van der Waals surface area contributed by atoms with E-state index in [9.17, 15) is 14.9 Å². The van der Waals surface area contributed by atoms with Crippen molar-refractivity contribution in [2.45, 2.75) is 0 Å². The summed E-state index contributed by atoms with van der Waals surface area (Å²) in [6.45, 7) is 0. The topological polar surface area (TPSA) is 96.0 Å². The first-order valence-corrected chi connectivity index (χ1v) is 6.52. The molecule has 2 rings (SSSR count). The predicted molar refractivity (Wildman–Crippen MR) is 75.1 cm³/mol. The normalized spacial score (nSPS) is 9.80. The van der Waals surface area contributed by atoms with Crippen LogP contribution in [0.3, 0.4) is 0 Å². The second kappa shape index (κ2) is 5.69. The van der Waals surface area contributed by atoms with Crippen LogP contribution < -0.4 is 5.32 Å². The quantitative estimate of drug-likeness (QED) is 0.694. The molecule has 2 aromatic rings. The van der Waals surface area contributed by atoms with Crippen molar-refractivity contribution in [2.24, 2.45) is 0 Å². The molecule has 0 atom stereocenters. The Morgan fingerprint density at radius 2 is 2.20 bits per heavy atom. The van der Waals surface area contributed by atoms with Gasteiger partial charge in [0.1, 0.15) is 21.7 Å². The summed E-state index contributed by atoms with van der Waals surface area (Å²) in [6, 6.07) is 7.55. The number of para-hydroxylation sites is 1. The maximum absolute atomic E-state index is 12.1. The van der Waals surface area contributed by atoms with Crippen LogP contribution in [0.15, 0.2) is 29.6 Å². The van der Waals surface area contributed by atoms with Crippen LogP contribution in [0.4, 0.5) is 10.7 Å². The molecule has 1 amide bonds. The number of rotatable bonds is 3. The zero-order valence-electron chi connectivity index (χ0n) is 9.79. The van der Waals surface area contributed by atoms with Gasteiger partial charge in [-0.1, -0.05) is 17.7 Å². The second-order valence-corrected chi connectivity index (χ2v) is 4.95. The van der Waals surface area contributed by atoms with Crippen LogP contribution in [0, 0.1) is 21.4 Å². The number of halogens is 1. The monoisotopic (exact) mass is 307 g/mol. The van der Waals surface area contributed by atoms with Gasteiger partial charge in [0, 0.05) is 0 Å². The molecule has 1 heterocycles. The van der Waals surface area contributed by atoms with E-state index >= 15 is 0 Å². The lowest BCUT2D eigenvalue weighted by Crippen LogP contribution is -2.14. The highest BCUT2D eigenvalue weighted by Crippen LogP contribution is 2.30. The van der Waals surface area contributed by atoms with E-state index in [-0.39, 0.29) is 10.6 Å². The highest BCUT2D eigenvalue weighted by atomic mass is 35.5. The number of carbonyl (C=O) groups excluding carboxylic acids is 1. The maximum atomic E-state index is 12.1. The van der Waals surface area contributed by atoms with Crippen LogP contribution >= 0.6 is 22.9 Å². The van der Waals surface area contributed by atoms with Crippen molar-refractivity contribution in [3.8, 4) is 6.07 Å². The van der Waals surface area contributed by atoms with Gasteiger partial charge in [-0.3, -0.25) is 14.9 Å². The van der Waals surface area contributed by atoms with Crippen molar-refractivity contribution in [1.82, 2.24) is 0 Å². The number of nitriles is 1. The average molecular weight is 308 g/mol. The molecule has 0 bridgehead atoms. The van der Waals surface area contributed by atoms with Gasteiger partial charge >= 0.3 is 5.69 Å². The standard InChI is InChI=1S/C12H6ClN3O3S/c13-9-3-1-2-8(10(9)16(18)19)11(17)15-12-7(6-14)4-5-20-12/h1-5H,(H,15,17). The molecule has 0 fully saturated rings. The Labute approximate surface area is 122 Å². The molecular weight excluding hydrogens is 302 g/mol. The Kier molecular flexibility index (Phi) is 3.98. The largest absolute Gasteiger partial charge is 0.312 e. The summed E-state index contributed by atoms with van der Waals surface area (Å²) in [7, 11) is 0. The number of nitrogens with zero attached hydrogens (tertiary/aromatic N) is 2. The van der Waals surface area contributed by atoms with Crippen LogP contribution in [0.5, 0.6) is 0 Å². The van der Waals surface area contributed by atoms with Gasteiger partial charge in [0.25, 0.3) is 5.91 Å².